The molecular formula is C25H34FN. The highest BCUT2D eigenvalue weighted by atomic mass is 19.1. The van der Waals surface area contributed by atoms with E-state index in [1.165, 1.54) is 40.8 Å². The van der Waals surface area contributed by atoms with Crippen molar-refractivity contribution >= 4 is 0 Å². The Morgan fingerprint density at radius 1 is 1.26 bits per heavy atom. The van der Waals surface area contributed by atoms with Gasteiger partial charge in [-0.15, -0.1) is 0 Å². The van der Waals surface area contributed by atoms with Gasteiger partial charge < -0.3 is 0 Å². The minimum Gasteiger partial charge on any atom is -0.295 e. The molecule has 0 radical (unpaired) electrons. The zero-order chi connectivity index (χ0) is 19.8. The fourth-order valence-electron chi connectivity index (χ4n) is 3.31. The van der Waals surface area contributed by atoms with Gasteiger partial charge in [-0.3, -0.25) is 4.90 Å². The molecule has 0 amide bonds. The maximum Gasteiger partial charge on any atom is 0.123 e. The molecule has 146 valence electrons. The van der Waals surface area contributed by atoms with E-state index in [1.54, 1.807) is 0 Å². The number of nitrogens with zero attached hydrogens (tertiary/aromatic N) is 1. The van der Waals surface area contributed by atoms with Crippen LogP contribution in [0, 0.1) is 11.7 Å². The van der Waals surface area contributed by atoms with Gasteiger partial charge >= 0.3 is 0 Å². The van der Waals surface area contributed by atoms with Gasteiger partial charge in [-0.05, 0) is 79.5 Å². The van der Waals surface area contributed by atoms with Crippen LogP contribution in [0.3, 0.4) is 0 Å². The molecular weight excluding hydrogens is 333 g/mol. The standard InChI is InChI=1S/C25H34FN/c1-19(2)8-9-20(3)21(4)10-13-24-7-6-16-27(17-22(24)5)18-23-11-14-25(26)15-12-23/h10-15,19H,3,5-9,16-18H2,1-2,4H3/b21-10+,24-13-. The molecule has 0 saturated carbocycles. The van der Waals surface area contributed by atoms with Crippen molar-refractivity contribution in [1.82, 2.24) is 4.90 Å². The van der Waals surface area contributed by atoms with Crippen LogP contribution in [0.25, 0.3) is 0 Å². The van der Waals surface area contributed by atoms with E-state index in [1.807, 2.05) is 12.1 Å². The monoisotopic (exact) mass is 367 g/mol. The van der Waals surface area contributed by atoms with Crippen LogP contribution in [-0.2, 0) is 6.54 Å². The molecule has 1 aliphatic heterocycles. The summed E-state index contributed by atoms with van der Waals surface area (Å²) in [6.07, 6.45) is 8.87. The van der Waals surface area contributed by atoms with Gasteiger partial charge in [-0.25, -0.2) is 4.39 Å². The molecule has 27 heavy (non-hydrogen) atoms. The molecule has 1 heterocycles. The molecule has 1 saturated heterocycles. The second-order valence-electron chi connectivity index (χ2n) is 8.12. The highest BCUT2D eigenvalue weighted by Crippen LogP contribution is 2.24. The summed E-state index contributed by atoms with van der Waals surface area (Å²) in [6.45, 7) is 18.0. The smallest absolute Gasteiger partial charge is 0.123 e. The van der Waals surface area contributed by atoms with Crippen LogP contribution >= 0.6 is 0 Å². The largest absolute Gasteiger partial charge is 0.295 e. The number of likely N-dealkylation sites (tertiary alicyclic amines) is 1. The number of rotatable bonds is 7. The van der Waals surface area contributed by atoms with Gasteiger partial charge in [0.15, 0.2) is 0 Å². The highest BCUT2D eigenvalue weighted by Gasteiger charge is 2.15. The Bertz CT molecular complexity index is 706. The molecule has 0 N–H and O–H groups in total. The fourth-order valence-corrected chi connectivity index (χ4v) is 3.31. The molecule has 0 unspecified atom stereocenters. The van der Waals surface area contributed by atoms with Gasteiger partial charge in [0.25, 0.3) is 0 Å². The second kappa shape index (κ2) is 10.4. The summed E-state index contributed by atoms with van der Waals surface area (Å²) in [7, 11) is 0. The van der Waals surface area contributed by atoms with Crippen molar-refractivity contribution in [2.75, 3.05) is 13.1 Å². The van der Waals surface area contributed by atoms with E-state index >= 15 is 0 Å². The minimum absolute atomic E-state index is 0.179. The van der Waals surface area contributed by atoms with E-state index in [0.29, 0.717) is 5.92 Å². The molecule has 1 aliphatic rings. The van der Waals surface area contributed by atoms with Crippen molar-refractivity contribution < 1.29 is 4.39 Å². The van der Waals surface area contributed by atoms with E-state index < -0.39 is 0 Å². The Hall–Kier alpha value is -1.93. The molecule has 1 aromatic rings. The lowest BCUT2D eigenvalue weighted by Crippen LogP contribution is -2.24. The van der Waals surface area contributed by atoms with Gasteiger partial charge in [0, 0.05) is 13.1 Å². The predicted octanol–water partition coefficient (Wildman–Crippen LogP) is 6.84. The van der Waals surface area contributed by atoms with Crippen LogP contribution < -0.4 is 0 Å². The molecule has 2 heteroatoms. The normalized spacial score (nSPS) is 18.2. The number of hydrogen-bond acceptors (Lipinski definition) is 1. The first kappa shape index (κ1) is 21.4. The third kappa shape index (κ3) is 7.30. The average Bonchev–Trinajstić information content (AvgIpc) is 2.80. The molecule has 0 bridgehead atoms. The van der Waals surface area contributed by atoms with Crippen LogP contribution in [0.5, 0.6) is 0 Å². The van der Waals surface area contributed by atoms with Crippen molar-refractivity contribution in [1.29, 1.82) is 0 Å². The molecule has 1 aromatic carbocycles. The predicted molar refractivity (Wildman–Crippen MR) is 115 cm³/mol. The zero-order valence-corrected chi connectivity index (χ0v) is 17.2. The SMILES string of the molecule is C=C1CN(Cc2ccc(F)cc2)CCC/C1=C/C=C(\C)C(=C)CCC(C)C. The van der Waals surface area contributed by atoms with Gasteiger partial charge in [0.2, 0.25) is 0 Å². The zero-order valence-electron chi connectivity index (χ0n) is 17.2. The molecule has 0 spiro atoms. The lowest BCUT2D eigenvalue weighted by Gasteiger charge is -2.20. The molecule has 0 aromatic heterocycles. The first-order valence-corrected chi connectivity index (χ1v) is 10.1. The van der Waals surface area contributed by atoms with E-state index in [0.717, 1.165) is 44.5 Å². The summed E-state index contributed by atoms with van der Waals surface area (Å²) in [5.74, 6) is 0.531. The van der Waals surface area contributed by atoms with Crippen LogP contribution in [-0.4, -0.2) is 18.0 Å². The van der Waals surface area contributed by atoms with Crippen molar-refractivity contribution in [3.63, 3.8) is 0 Å². The third-order valence-corrected chi connectivity index (χ3v) is 5.22. The topological polar surface area (TPSA) is 3.24 Å². The quantitative estimate of drug-likeness (QED) is 0.477. The summed E-state index contributed by atoms with van der Waals surface area (Å²) in [4.78, 5) is 2.40. The maximum absolute atomic E-state index is 13.1. The van der Waals surface area contributed by atoms with Crippen LogP contribution in [0.2, 0.25) is 0 Å². The van der Waals surface area contributed by atoms with Gasteiger partial charge in [0.05, 0.1) is 0 Å². The molecule has 1 fully saturated rings. The van der Waals surface area contributed by atoms with Crippen LogP contribution in [0.1, 0.15) is 52.0 Å². The van der Waals surface area contributed by atoms with E-state index in [2.05, 4.69) is 51.0 Å². The lowest BCUT2D eigenvalue weighted by molar-refractivity contribution is 0.295. The molecule has 0 aliphatic carbocycles. The van der Waals surface area contributed by atoms with E-state index in [9.17, 15) is 4.39 Å². The van der Waals surface area contributed by atoms with Crippen molar-refractivity contribution in [2.45, 2.75) is 53.0 Å². The molecule has 1 nitrogen and oxygen atoms in total. The maximum atomic E-state index is 13.1. The average molecular weight is 368 g/mol. The first-order valence-electron chi connectivity index (χ1n) is 10.1. The second-order valence-corrected chi connectivity index (χ2v) is 8.12. The third-order valence-electron chi connectivity index (χ3n) is 5.22. The Kier molecular flexibility index (Phi) is 8.24. The van der Waals surface area contributed by atoms with Gasteiger partial charge in [-0.1, -0.05) is 56.9 Å². The Morgan fingerprint density at radius 2 is 1.96 bits per heavy atom. The van der Waals surface area contributed by atoms with Gasteiger partial charge in [-0.2, -0.15) is 0 Å². The Labute approximate surface area is 165 Å². The summed E-state index contributed by atoms with van der Waals surface area (Å²) in [5.41, 5.74) is 6.17. The van der Waals surface area contributed by atoms with E-state index in [-0.39, 0.29) is 5.82 Å². The fraction of sp³-hybridized carbons (Fsp3) is 0.440. The van der Waals surface area contributed by atoms with Crippen molar-refractivity contribution in [3.05, 3.63) is 83.2 Å². The highest BCUT2D eigenvalue weighted by molar-refractivity contribution is 5.38. The summed E-state index contributed by atoms with van der Waals surface area (Å²) >= 11 is 0. The van der Waals surface area contributed by atoms with Crippen molar-refractivity contribution in [2.24, 2.45) is 5.92 Å². The number of allylic oxidation sites excluding steroid dienone is 4. The number of benzene rings is 1. The number of halogens is 1. The van der Waals surface area contributed by atoms with Crippen LogP contribution in [0.4, 0.5) is 4.39 Å². The summed E-state index contributed by atoms with van der Waals surface area (Å²) in [6, 6.07) is 6.81. The minimum atomic E-state index is -0.179. The first-order chi connectivity index (χ1) is 12.8. The Balaban J connectivity index is 1.96. The van der Waals surface area contributed by atoms with Gasteiger partial charge in [0.1, 0.15) is 5.82 Å². The number of hydrogen-bond donors (Lipinski definition) is 0. The lowest BCUT2D eigenvalue weighted by atomic mass is 9.97. The van der Waals surface area contributed by atoms with Crippen LogP contribution in [0.15, 0.2) is 71.9 Å². The van der Waals surface area contributed by atoms with E-state index in [4.69, 9.17) is 0 Å². The summed E-state index contributed by atoms with van der Waals surface area (Å²) < 4.78 is 13.1. The Morgan fingerprint density at radius 3 is 2.63 bits per heavy atom. The molecule has 0 atom stereocenters. The van der Waals surface area contributed by atoms with Crippen molar-refractivity contribution in [3.8, 4) is 0 Å². The molecule has 2 rings (SSSR count). The summed E-state index contributed by atoms with van der Waals surface area (Å²) in [5, 5.41) is 0.